The zero-order valence-electron chi connectivity index (χ0n) is 13.1. The summed E-state index contributed by atoms with van der Waals surface area (Å²) in [5, 5.41) is 6.34. The molecule has 0 saturated carbocycles. The van der Waals surface area contributed by atoms with Crippen molar-refractivity contribution in [1.29, 1.82) is 0 Å². The topological polar surface area (TPSA) is 75.3 Å². The van der Waals surface area contributed by atoms with Crippen molar-refractivity contribution in [3.63, 3.8) is 0 Å². The van der Waals surface area contributed by atoms with Crippen molar-refractivity contribution in [1.82, 2.24) is 10.6 Å². The molecule has 122 valence electrons. The van der Waals surface area contributed by atoms with Gasteiger partial charge in [0.2, 0.25) is 5.91 Å². The molecule has 2 unspecified atom stereocenters. The summed E-state index contributed by atoms with van der Waals surface area (Å²) in [6, 6.07) is 7.00. The summed E-state index contributed by atoms with van der Waals surface area (Å²) in [7, 11) is -3.18. The molecule has 1 aromatic carbocycles. The molecule has 1 aliphatic heterocycles. The lowest BCUT2D eigenvalue weighted by Gasteiger charge is -2.16. The summed E-state index contributed by atoms with van der Waals surface area (Å²) in [5.41, 5.74) is 0.903. The maximum absolute atomic E-state index is 12.0. The molecule has 1 heterocycles. The molecule has 5 nitrogen and oxygen atoms in total. The van der Waals surface area contributed by atoms with Crippen LogP contribution in [0.3, 0.4) is 0 Å². The van der Waals surface area contributed by atoms with Gasteiger partial charge < -0.3 is 10.6 Å². The third kappa shape index (κ3) is 4.81. The molecule has 0 aromatic heterocycles. The van der Waals surface area contributed by atoms with E-state index in [1.165, 1.54) is 12.7 Å². The van der Waals surface area contributed by atoms with Crippen LogP contribution in [0.2, 0.25) is 0 Å². The molecule has 2 rings (SSSR count). The van der Waals surface area contributed by atoms with Gasteiger partial charge in [-0.25, -0.2) is 8.42 Å². The zero-order chi connectivity index (χ0) is 16.2. The number of rotatable bonds is 6. The van der Waals surface area contributed by atoms with Crippen LogP contribution < -0.4 is 10.6 Å². The zero-order valence-corrected chi connectivity index (χ0v) is 13.9. The van der Waals surface area contributed by atoms with E-state index in [0.29, 0.717) is 17.4 Å². The molecule has 0 spiro atoms. The van der Waals surface area contributed by atoms with Crippen molar-refractivity contribution in [3.8, 4) is 0 Å². The SMILES string of the molecule is CC(NC(=O)CCC1CCCN1)c1ccc(S(C)(=O)=O)cc1. The quantitative estimate of drug-likeness (QED) is 0.837. The number of amides is 1. The van der Waals surface area contributed by atoms with Crippen LogP contribution >= 0.6 is 0 Å². The third-order valence-electron chi connectivity index (χ3n) is 4.07. The fourth-order valence-corrected chi connectivity index (χ4v) is 3.34. The number of hydrogen-bond acceptors (Lipinski definition) is 4. The van der Waals surface area contributed by atoms with Crippen molar-refractivity contribution >= 4 is 15.7 Å². The Labute approximate surface area is 132 Å². The summed E-state index contributed by atoms with van der Waals surface area (Å²) in [4.78, 5) is 12.3. The number of carbonyl (C=O) groups is 1. The fraction of sp³-hybridized carbons (Fsp3) is 0.562. The summed E-state index contributed by atoms with van der Waals surface area (Å²) >= 11 is 0. The van der Waals surface area contributed by atoms with Gasteiger partial charge in [0.05, 0.1) is 10.9 Å². The molecule has 1 aromatic rings. The predicted octanol–water partition coefficient (Wildman–Crippen LogP) is 1.80. The van der Waals surface area contributed by atoms with Crippen LogP contribution in [0.5, 0.6) is 0 Å². The van der Waals surface area contributed by atoms with Gasteiger partial charge in [-0.2, -0.15) is 0 Å². The Morgan fingerprint density at radius 2 is 2.05 bits per heavy atom. The molecule has 22 heavy (non-hydrogen) atoms. The monoisotopic (exact) mass is 324 g/mol. The molecular weight excluding hydrogens is 300 g/mol. The standard InChI is InChI=1S/C16H24N2O3S/c1-12(13-5-8-15(9-6-13)22(2,20)21)18-16(19)10-7-14-4-3-11-17-14/h5-6,8-9,12,14,17H,3-4,7,10-11H2,1-2H3,(H,18,19). The van der Waals surface area contributed by atoms with Crippen molar-refractivity contribution < 1.29 is 13.2 Å². The van der Waals surface area contributed by atoms with Crippen LogP contribution in [-0.4, -0.2) is 33.2 Å². The first-order chi connectivity index (χ1) is 10.4. The smallest absolute Gasteiger partial charge is 0.220 e. The number of benzene rings is 1. The average Bonchev–Trinajstić information content (AvgIpc) is 2.97. The van der Waals surface area contributed by atoms with E-state index < -0.39 is 9.84 Å². The highest BCUT2D eigenvalue weighted by Gasteiger charge is 2.16. The number of hydrogen-bond donors (Lipinski definition) is 2. The molecule has 0 radical (unpaired) electrons. The minimum atomic E-state index is -3.18. The Kier molecular flexibility index (Phi) is 5.58. The second-order valence-electron chi connectivity index (χ2n) is 5.96. The van der Waals surface area contributed by atoms with Crippen molar-refractivity contribution in [2.45, 2.75) is 49.6 Å². The highest BCUT2D eigenvalue weighted by atomic mass is 32.2. The van der Waals surface area contributed by atoms with E-state index in [-0.39, 0.29) is 11.9 Å². The lowest BCUT2D eigenvalue weighted by atomic mass is 10.1. The minimum Gasteiger partial charge on any atom is -0.350 e. The van der Waals surface area contributed by atoms with Gasteiger partial charge in [0, 0.05) is 18.7 Å². The average molecular weight is 324 g/mol. The molecular formula is C16H24N2O3S. The minimum absolute atomic E-state index is 0.0355. The van der Waals surface area contributed by atoms with Gasteiger partial charge in [-0.05, 0) is 50.4 Å². The lowest BCUT2D eigenvalue weighted by Crippen LogP contribution is -2.29. The second kappa shape index (κ2) is 7.24. The van der Waals surface area contributed by atoms with Gasteiger partial charge in [0.15, 0.2) is 9.84 Å². The van der Waals surface area contributed by atoms with E-state index in [4.69, 9.17) is 0 Å². The summed E-state index contributed by atoms with van der Waals surface area (Å²) < 4.78 is 22.9. The highest BCUT2D eigenvalue weighted by molar-refractivity contribution is 7.90. The first kappa shape index (κ1) is 17.0. The van der Waals surface area contributed by atoms with E-state index in [9.17, 15) is 13.2 Å². The molecule has 1 amide bonds. The number of carbonyl (C=O) groups excluding carboxylic acids is 1. The van der Waals surface area contributed by atoms with Crippen LogP contribution in [0.1, 0.15) is 44.2 Å². The van der Waals surface area contributed by atoms with Crippen LogP contribution in [0, 0.1) is 0 Å². The van der Waals surface area contributed by atoms with Gasteiger partial charge in [-0.1, -0.05) is 12.1 Å². The summed E-state index contributed by atoms with van der Waals surface area (Å²) in [5.74, 6) is 0.0355. The summed E-state index contributed by atoms with van der Waals surface area (Å²) in [6.07, 6.45) is 4.91. The van der Waals surface area contributed by atoms with E-state index in [2.05, 4.69) is 10.6 Å². The summed E-state index contributed by atoms with van der Waals surface area (Å²) in [6.45, 7) is 2.95. The number of sulfone groups is 1. The van der Waals surface area contributed by atoms with Crippen molar-refractivity contribution in [3.05, 3.63) is 29.8 Å². The molecule has 0 bridgehead atoms. The maximum atomic E-state index is 12.0. The van der Waals surface area contributed by atoms with E-state index >= 15 is 0 Å². The van der Waals surface area contributed by atoms with Gasteiger partial charge >= 0.3 is 0 Å². The van der Waals surface area contributed by atoms with E-state index in [0.717, 1.165) is 24.9 Å². The Morgan fingerprint density at radius 3 is 2.59 bits per heavy atom. The Morgan fingerprint density at radius 1 is 1.36 bits per heavy atom. The second-order valence-corrected chi connectivity index (χ2v) is 7.98. The van der Waals surface area contributed by atoms with Crippen LogP contribution in [0.15, 0.2) is 29.2 Å². The normalized spacial score (nSPS) is 19.8. The van der Waals surface area contributed by atoms with Gasteiger partial charge in [-0.15, -0.1) is 0 Å². The molecule has 0 aliphatic carbocycles. The Hall–Kier alpha value is -1.40. The molecule has 2 atom stereocenters. The molecule has 1 fully saturated rings. The third-order valence-corrected chi connectivity index (χ3v) is 5.20. The first-order valence-corrected chi connectivity index (χ1v) is 9.58. The molecule has 1 aliphatic rings. The van der Waals surface area contributed by atoms with Gasteiger partial charge in [0.1, 0.15) is 0 Å². The molecule has 1 saturated heterocycles. The molecule has 2 N–H and O–H groups in total. The highest BCUT2D eigenvalue weighted by Crippen LogP contribution is 2.17. The van der Waals surface area contributed by atoms with Gasteiger partial charge in [-0.3, -0.25) is 4.79 Å². The Balaban J connectivity index is 1.85. The molecule has 6 heteroatoms. The maximum Gasteiger partial charge on any atom is 0.220 e. The predicted molar refractivity (Wildman–Crippen MR) is 86.4 cm³/mol. The Bertz CT molecular complexity index is 605. The van der Waals surface area contributed by atoms with Crippen molar-refractivity contribution in [2.75, 3.05) is 12.8 Å². The van der Waals surface area contributed by atoms with Crippen LogP contribution in [0.4, 0.5) is 0 Å². The van der Waals surface area contributed by atoms with E-state index in [1.807, 2.05) is 6.92 Å². The van der Waals surface area contributed by atoms with Crippen molar-refractivity contribution in [2.24, 2.45) is 0 Å². The first-order valence-electron chi connectivity index (χ1n) is 7.69. The largest absolute Gasteiger partial charge is 0.350 e. The lowest BCUT2D eigenvalue weighted by molar-refractivity contribution is -0.121. The van der Waals surface area contributed by atoms with Crippen LogP contribution in [-0.2, 0) is 14.6 Å². The van der Waals surface area contributed by atoms with E-state index in [1.54, 1.807) is 24.3 Å². The van der Waals surface area contributed by atoms with Crippen LogP contribution in [0.25, 0.3) is 0 Å². The number of nitrogens with one attached hydrogen (secondary N) is 2. The fourth-order valence-electron chi connectivity index (χ4n) is 2.71. The van der Waals surface area contributed by atoms with Gasteiger partial charge in [0.25, 0.3) is 0 Å².